The fraction of sp³-hybridized carbons (Fsp3) is 0.154. The quantitative estimate of drug-likeness (QED) is 0.825. The number of nitrogens with one attached hydrogen (secondary N) is 1. The Bertz CT molecular complexity index is 659. The molecular formula is C13H13ClN4O2S. The summed E-state index contributed by atoms with van der Waals surface area (Å²) in [6.45, 7) is 0. The normalized spacial score (nSPS) is 10.3. The molecule has 0 fully saturated rings. The number of rotatable bonds is 5. The summed E-state index contributed by atoms with van der Waals surface area (Å²) in [7, 11) is 0. The molecular weight excluding hydrogens is 312 g/mol. The maximum atomic E-state index is 11.3. The largest absolute Gasteiger partial charge is 0.351 e. The maximum Gasteiger partial charge on any atom is 0.318 e. The van der Waals surface area contributed by atoms with Gasteiger partial charge in [-0.2, -0.15) is 0 Å². The number of nitrogens with zero attached hydrogens (tertiary/aromatic N) is 2. The number of hydrogen-bond acceptors (Lipinski definition) is 4. The highest BCUT2D eigenvalue weighted by Gasteiger charge is 2.08. The molecule has 0 bridgehead atoms. The van der Waals surface area contributed by atoms with Crippen LogP contribution in [0, 0.1) is 0 Å². The zero-order valence-electron chi connectivity index (χ0n) is 11.0. The van der Waals surface area contributed by atoms with E-state index in [4.69, 9.17) is 17.3 Å². The number of carbonyl (C=O) groups is 2. The molecule has 0 aliphatic rings. The van der Waals surface area contributed by atoms with Gasteiger partial charge in [-0.15, -0.1) is 0 Å². The summed E-state index contributed by atoms with van der Waals surface area (Å²) < 4.78 is 1.88. The van der Waals surface area contributed by atoms with Gasteiger partial charge < -0.3 is 5.73 Å². The highest BCUT2D eigenvalue weighted by molar-refractivity contribution is 7.99. The number of hydrogen-bond donors (Lipinski definition) is 2. The molecule has 6 nitrogen and oxygen atoms in total. The molecule has 1 aromatic carbocycles. The summed E-state index contributed by atoms with van der Waals surface area (Å²) in [6, 6.07) is 6.55. The maximum absolute atomic E-state index is 11.3. The van der Waals surface area contributed by atoms with Crippen LogP contribution < -0.4 is 11.1 Å². The lowest BCUT2D eigenvalue weighted by Gasteiger charge is -2.07. The predicted octanol–water partition coefficient (Wildman–Crippen LogP) is 2.20. The number of amides is 3. The van der Waals surface area contributed by atoms with E-state index in [2.05, 4.69) is 4.98 Å². The fourth-order valence-corrected chi connectivity index (χ4v) is 2.75. The van der Waals surface area contributed by atoms with Gasteiger partial charge in [0.25, 0.3) is 0 Å². The zero-order chi connectivity index (χ0) is 15.2. The number of imide groups is 1. The molecule has 2 rings (SSSR count). The van der Waals surface area contributed by atoms with E-state index in [1.54, 1.807) is 12.3 Å². The SMILES string of the molecule is NC(=O)NC(=O)CCSc1nccn1-c1cccc(Cl)c1. The van der Waals surface area contributed by atoms with Crippen molar-refractivity contribution in [1.29, 1.82) is 0 Å². The van der Waals surface area contributed by atoms with Crippen LogP contribution in [0.25, 0.3) is 5.69 Å². The predicted molar refractivity (Wildman–Crippen MR) is 81.6 cm³/mol. The van der Waals surface area contributed by atoms with Gasteiger partial charge in [0.15, 0.2) is 5.16 Å². The average Bonchev–Trinajstić information content (AvgIpc) is 2.86. The van der Waals surface area contributed by atoms with Gasteiger partial charge in [-0.05, 0) is 18.2 Å². The van der Waals surface area contributed by atoms with Crippen LogP contribution in [-0.4, -0.2) is 27.2 Å². The Labute approximate surface area is 130 Å². The zero-order valence-corrected chi connectivity index (χ0v) is 12.5. The second kappa shape index (κ2) is 7.14. The van der Waals surface area contributed by atoms with Crippen LogP contribution in [0.5, 0.6) is 0 Å². The third kappa shape index (κ3) is 4.51. The molecule has 2 aromatic rings. The Hall–Kier alpha value is -1.99. The molecule has 110 valence electrons. The number of primary amides is 1. The van der Waals surface area contributed by atoms with Gasteiger partial charge in [-0.3, -0.25) is 14.7 Å². The van der Waals surface area contributed by atoms with Gasteiger partial charge in [0, 0.05) is 35.3 Å². The minimum Gasteiger partial charge on any atom is -0.351 e. The lowest BCUT2D eigenvalue weighted by molar-refractivity contribution is -0.119. The van der Waals surface area contributed by atoms with E-state index in [0.717, 1.165) is 10.8 Å². The Balaban J connectivity index is 1.98. The molecule has 0 saturated carbocycles. The van der Waals surface area contributed by atoms with Gasteiger partial charge in [0.05, 0.1) is 0 Å². The number of nitrogens with two attached hydrogens (primary N) is 1. The molecule has 0 saturated heterocycles. The first-order valence-electron chi connectivity index (χ1n) is 6.07. The van der Waals surface area contributed by atoms with Crippen molar-refractivity contribution >= 4 is 35.3 Å². The topological polar surface area (TPSA) is 90.0 Å². The summed E-state index contributed by atoms with van der Waals surface area (Å²) >= 11 is 7.38. The fourth-order valence-electron chi connectivity index (χ4n) is 1.65. The first-order chi connectivity index (χ1) is 10.1. The number of thioether (sulfide) groups is 1. The van der Waals surface area contributed by atoms with E-state index >= 15 is 0 Å². The van der Waals surface area contributed by atoms with Crippen molar-refractivity contribution in [2.75, 3.05) is 5.75 Å². The van der Waals surface area contributed by atoms with E-state index in [9.17, 15) is 9.59 Å². The van der Waals surface area contributed by atoms with Crippen molar-refractivity contribution in [2.24, 2.45) is 5.73 Å². The van der Waals surface area contributed by atoms with Crippen molar-refractivity contribution in [3.8, 4) is 5.69 Å². The summed E-state index contributed by atoms with van der Waals surface area (Å²) in [5.74, 6) is 0.0762. The molecule has 3 amide bonds. The van der Waals surface area contributed by atoms with Crippen LogP contribution in [0.2, 0.25) is 5.02 Å². The van der Waals surface area contributed by atoms with Gasteiger partial charge >= 0.3 is 6.03 Å². The molecule has 1 heterocycles. The molecule has 0 aliphatic carbocycles. The Kier molecular flexibility index (Phi) is 5.24. The Morgan fingerprint density at radius 2 is 2.24 bits per heavy atom. The third-order valence-corrected chi connectivity index (χ3v) is 3.72. The second-order valence-corrected chi connectivity index (χ2v) is 5.57. The van der Waals surface area contributed by atoms with E-state index in [1.807, 2.05) is 34.3 Å². The molecule has 0 aliphatic heterocycles. The van der Waals surface area contributed by atoms with E-state index < -0.39 is 11.9 Å². The molecule has 1 aromatic heterocycles. The van der Waals surface area contributed by atoms with E-state index in [1.165, 1.54) is 11.8 Å². The molecule has 0 radical (unpaired) electrons. The number of imidazole rings is 1. The van der Waals surface area contributed by atoms with Crippen molar-refractivity contribution in [3.63, 3.8) is 0 Å². The van der Waals surface area contributed by atoms with Crippen LogP contribution >= 0.6 is 23.4 Å². The number of halogens is 1. The molecule has 8 heteroatoms. The van der Waals surface area contributed by atoms with Crippen LogP contribution in [0.1, 0.15) is 6.42 Å². The Morgan fingerprint density at radius 3 is 2.95 bits per heavy atom. The van der Waals surface area contributed by atoms with E-state index in [0.29, 0.717) is 10.8 Å². The van der Waals surface area contributed by atoms with Gasteiger partial charge in [-0.1, -0.05) is 29.4 Å². The lowest BCUT2D eigenvalue weighted by atomic mass is 10.3. The minimum absolute atomic E-state index is 0.177. The van der Waals surface area contributed by atoms with Crippen molar-refractivity contribution < 1.29 is 9.59 Å². The molecule has 0 spiro atoms. The van der Waals surface area contributed by atoms with Crippen LogP contribution in [0.15, 0.2) is 41.8 Å². The smallest absolute Gasteiger partial charge is 0.318 e. The number of carbonyl (C=O) groups excluding carboxylic acids is 2. The molecule has 21 heavy (non-hydrogen) atoms. The number of benzene rings is 1. The average molecular weight is 325 g/mol. The van der Waals surface area contributed by atoms with Gasteiger partial charge in [0.2, 0.25) is 5.91 Å². The summed E-state index contributed by atoms with van der Waals surface area (Å²) in [6.07, 6.45) is 3.67. The first kappa shape index (κ1) is 15.4. The van der Waals surface area contributed by atoms with Gasteiger partial charge in [0.1, 0.15) is 0 Å². The number of aromatic nitrogens is 2. The highest BCUT2D eigenvalue weighted by Crippen LogP contribution is 2.22. The van der Waals surface area contributed by atoms with Crippen LogP contribution in [-0.2, 0) is 4.79 Å². The second-order valence-electron chi connectivity index (χ2n) is 4.07. The Morgan fingerprint density at radius 1 is 1.43 bits per heavy atom. The van der Waals surface area contributed by atoms with Crippen LogP contribution in [0.4, 0.5) is 4.79 Å². The lowest BCUT2D eigenvalue weighted by Crippen LogP contribution is -2.35. The monoisotopic (exact) mass is 324 g/mol. The highest BCUT2D eigenvalue weighted by atomic mass is 35.5. The number of urea groups is 1. The molecule has 0 unspecified atom stereocenters. The third-order valence-electron chi connectivity index (χ3n) is 2.52. The van der Waals surface area contributed by atoms with E-state index in [-0.39, 0.29) is 6.42 Å². The van der Waals surface area contributed by atoms with Crippen molar-refractivity contribution in [3.05, 3.63) is 41.7 Å². The first-order valence-corrected chi connectivity index (χ1v) is 7.44. The van der Waals surface area contributed by atoms with Crippen molar-refractivity contribution in [2.45, 2.75) is 11.6 Å². The van der Waals surface area contributed by atoms with Gasteiger partial charge in [-0.25, -0.2) is 9.78 Å². The van der Waals surface area contributed by atoms with Crippen molar-refractivity contribution in [1.82, 2.24) is 14.9 Å². The van der Waals surface area contributed by atoms with Crippen LogP contribution in [0.3, 0.4) is 0 Å². The molecule has 3 N–H and O–H groups in total. The summed E-state index contributed by atoms with van der Waals surface area (Å²) in [5, 5.41) is 3.40. The standard InChI is InChI=1S/C13H13ClN4O2S/c14-9-2-1-3-10(8-9)18-6-5-16-13(18)21-7-4-11(19)17-12(15)20/h1-3,5-6,8H,4,7H2,(H3,15,17,19,20). The minimum atomic E-state index is -0.842. The molecule has 0 atom stereocenters. The summed E-state index contributed by atoms with van der Waals surface area (Å²) in [4.78, 5) is 26.1. The summed E-state index contributed by atoms with van der Waals surface area (Å²) in [5.41, 5.74) is 5.76.